The zero-order valence-electron chi connectivity index (χ0n) is 34.4. The highest BCUT2D eigenvalue weighted by Gasteiger charge is 2.19. The average molecular weight is 723 g/mol. The van der Waals surface area contributed by atoms with Gasteiger partial charge in [0.05, 0.1) is 0 Å². The van der Waals surface area contributed by atoms with Crippen molar-refractivity contribution in [3.63, 3.8) is 0 Å². The smallest absolute Gasteiger partial charge is 0.306 e. The van der Waals surface area contributed by atoms with E-state index in [2.05, 4.69) is 20.8 Å². The summed E-state index contributed by atoms with van der Waals surface area (Å²) in [5.74, 6) is -0.867. The third-order valence-corrected chi connectivity index (χ3v) is 10.1. The molecule has 0 saturated carbocycles. The van der Waals surface area contributed by atoms with E-state index in [0.717, 1.165) is 64.2 Å². The molecule has 0 aromatic carbocycles. The minimum Gasteiger partial charge on any atom is -0.462 e. The van der Waals surface area contributed by atoms with E-state index in [-0.39, 0.29) is 31.1 Å². The zero-order valence-corrected chi connectivity index (χ0v) is 34.4. The Hall–Kier alpha value is -1.59. The normalized spacial score (nSPS) is 11.8. The van der Waals surface area contributed by atoms with Crippen LogP contribution in [-0.2, 0) is 28.6 Å². The molecule has 0 aliphatic heterocycles. The lowest BCUT2D eigenvalue weighted by molar-refractivity contribution is -0.167. The van der Waals surface area contributed by atoms with Gasteiger partial charge in [0.2, 0.25) is 0 Å². The summed E-state index contributed by atoms with van der Waals surface area (Å²) in [6.07, 6.45) is 41.1. The SMILES string of the molecule is CCCCCCCCCCCCCCCCCC(=O)OC[C@H](COC(=O)CCCCCCCCCCCCCCC)OC(=O)CCCCCCC. The molecule has 0 N–H and O–H groups in total. The van der Waals surface area contributed by atoms with E-state index in [1.54, 1.807) is 0 Å². The molecular weight excluding hydrogens is 636 g/mol. The monoisotopic (exact) mass is 723 g/mol. The van der Waals surface area contributed by atoms with Crippen LogP contribution in [-0.4, -0.2) is 37.2 Å². The molecule has 0 aliphatic rings. The van der Waals surface area contributed by atoms with Crippen LogP contribution in [0.3, 0.4) is 0 Å². The van der Waals surface area contributed by atoms with Crippen molar-refractivity contribution in [2.24, 2.45) is 0 Å². The second-order valence-electron chi connectivity index (χ2n) is 15.3. The van der Waals surface area contributed by atoms with Gasteiger partial charge >= 0.3 is 17.9 Å². The van der Waals surface area contributed by atoms with Gasteiger partial charge in [0.1, 0.15) is 13.2 Å². The van der Waals surface area contributed by atoms with E-state index >= 15 is 0 Å². The van der Waals surface area contributed by atoms with Crippen molar-refractivity contribution in [1.29, 1.82) is 0 Å². The van der Waals surface area contributed by atoms with Gasteiger partial charge in [-0.3, -0.25) is 14.4 Å². The van der Waals surface area contributed by atoms with Gasteiger partial charge in [-0.15, -0.1) is 0 Å². The lowest BCUT2D eigenvalue weighted by Crippen LogP contribution is -2.30. The van der Waals surface area contributed by atoms with Crippen LogP contribution < -0.4 is 0 Å². The number of carbonyl (C=O) groups excluding carboxylic acids is 3. The number of hydrogen-bond acceptors (Lipinski definition) is 6. The topological polar surface area (TPSA) is 78.9 Å². The second-order valence-corrected chi connectivity index (χ2v) is 15.3. The second kappa shape index (κ2) is 41.2. The fraction of sp³-hybridized carbons (Fsp3) is 0.933. The van der Waals surface area contributed by atoms with Crippen molar-refractivity contribution < 1.29 is 28.6 Å². The summed E-state index contributed by atoms with van der Waals surface area (Å²) in [6, 6.07) is 0. The summed E-state index contributed by atoms with van der Waals surface area (Å²) in [4.78, 5) is 37.4. The van der Waals surface area contributed by atoms with Crippen molar-refractivity contribution in [3.8, 4) is 0 Å². The van der Waals surface area contributed by atoms with E-state index in [9.17, 15) is 14.4 Å². The molecule has 0 amide bonds. The van der Waals surface area contributed by atoms with Crippen LogP contribution >= 0.6 is 0 Å². The average Bonchev–Trinajstić information content (AvgIpc) is 3.12. The quantitative estimate of drug-likeness (QED) is 0.0355. The number of esters is 3. The Kier molecular flexibility index (Phi) is 39.9. The number of unbranched alkanes of at least 4 members (excludes halogenated alkanes) is 30. The van der Waals surface area contributed by atoms with Crippen LogP contribution in [0, 0.1) is 0 Å². The standard InChI is InChI=1S/C45H86O6/c1-4-7-10-13-15-17-19-21-22-24-26-28-30-33-35-38-44(47)50-41-42(51-45(48)39-36-31-12-9-6-3)40-49-43(46)37-34-32-29-27-25-23-20-18-16-14-11-8-5-2/h42H,4-41H2,1-3H3/t42-/m0/s1. The Morgan fingerprint density at radius 3 is 0.784 bits per heavy atom. The first kappa shape index (κ1) is 49.4. The molecule has 0 aromatic heterocycles. The van der Waals surface area contributed by atoms with Crippen molar-refractivity contribution in [3.05, 3.63) is 0 Å². The predicted octanol–water partition coefficient (Wildman–Crippen LogP) is 14.1. The molecule has 6 heteroatoms. The summed E-state index contributed by atoms with van der Waals surface area (Å²) in [7, 11) is 0. The maximum Gasteiger partial charge on any atom is 0.306 e. The summed E-state index contributed by atoms with van der Waals surface area (Å²) in [5, 5.41) is 0. The summed E-state index contributed by atoms with van der Waals surface area (Å²) >= 11 is 0. The highest BCUT2D eigenvalue weighted by molar-refractivity contribution is 5.71. The summed E-state index contributed by atoms with van der Waals surface area (Å²) < 4.78 is 16.6. The van der Waals surface area contributed by atoms with Crippen LogP contribution in [0.25, 0.3) is 0 Å². The summed E-state index contributed by atoms with van der Waals surface area (Å²) in [5.41, 5.74) is 0. The molecule has 6 nitrogen and oxygen atoms in total. The molecule has 51 heavy (non-hydrogen) atoms. The largest absolute Gasteiger partial charge is 0.462 e. The zero-order chi connectivity index (χ0) is 37.3. The van der Waals surface area contributed by atoms with Gasteiger partial charge in [-0.25, -0.2) is 0 Å². The maximum atomic E-state index is 12.5. The van der Waals surface area contributed by atoms with Crippen molar-refractivity contribution in [1.82, 2.24) is 0 Å². The van der Waals surface area contributed by atoms with Gasteiger partial charge in [0.15, 0.2) is 6.10 Å². The molecule has 0 aliphatic carbocycles. The van der Waals surface area contributed by atoms with Gasteiger partial charge in [-0.1, -0.05) is 213 Å². The Morgan fingerprint density at radius 2 is 0.529 bits per heavy atom. The Labute approximate surface area is 317 Å². The highest BCUT2D eigenvalue weighted by atomic mass is 16.6. The third kappa shape index (κ3) is 39.5. The minimum atomic E-state index is -0.756. The minimum absolute atomic E-state index is 0.0643. The number of rotatable bonds is 41. The lowest BCUT2D eigenvalue weighted by atomic mass is 10.0. The Morgan fingerprint density at radius 1 is 0.314 bits per heavy atom. The molecular formula is C45H86O6. The first-order valence-corrected chi connectivity index (χ1v) is 22.5. The van der Waals surface area contributed by atoms with E-state index in [0.29, 0.717) is 19.3 Å². The van der Waals surface area contributed by atoms with E-state index in [1.807, 2.05) is 0 Å². The van der Waals surface area contributed by atoms with Crippen LogP contribution in [0.1, 0.15) is 252 Å². The van der Waals surface area contributed by atoms with Gasteiger partial charge in [0, 0.05) is 19.3 Å². The third-order valence-electron chi connectivity index (χ3n) is 10.1. The van der Waals surface area contributed by atoms with E-state index in [4.69, 9.17) is 14.2 Å². The molecule has 0 unspecified atom stereocenters. The molecule has 0 aromatic rings. The number of ether oxygens (including phenoxy) is 3. The van der Waals surface area contributed by atoms with Crippen LogP contribution in [0.15, 0.2) is 0 Å². The predicted molar refractivity (Wildman–Crippen MR) is 215 cm³/mol. The molecule has 0 rings (SSSR count). The molecule has 0 spiro atoms. The number of hydrogen-bond donors (Lipinski definition) is 0. The molecule has 0 heterocycles. The number of carbonyl (C=O) groups is 3. The van der Waals surface area contributed by atoms with Crippen molar-refractivity contribution in [2.75, 3.05) is 13.2 Å². The maximum absolute atomic E-state index is 12.5. The van der Waals surface area contributed by atoms with Crippen LogP contribution in [0.5, 0.6) is 0 Å². The Bertz CT molecular complexity index is 753. The molecule has 1 atom stereocenters. The fourth-order valence-electron chi connectivity index (χ4n) is 6.68. The van der Waals surface area contributed by atoms with Gasteiger partial charge in [-0.05, 0) is 19.3 Å². The summed E-state index contributed by atoms with van der Waals surface area (Å²) in [6.45, 7) is 6.57. The first-order chi connectivity index (χ1) is 25.0. The molecule has 0 radical (unpaired) electrons. The van der Waals surface area contributed by atoms with Crippen molar-refractivity contribution in [2.45, 2.75) is 258 Å². The lowest BCUT2D eigenvalue weighted by Gasteiger charge is -2.18. The fourth-order valence-corrected chi connectivity index (χ4v) is 6.68. The molecule has 0 saturated heterocycles. The van der Waals surface area contributed by atoms with Gasteiger partial charge in [-0.2, -0.15) is 0 Å². The van der Waals surface area contributed by atoms with Crippen molar-refractivity contribution >= 4 is 17.9 Å². The van der Waals surface area contributed by atoms with E-state index in [1.165, 1.54) is 148 Å². The first-order valence-electron chi connectivity index (χ1n) is 22.5. The molecule has 0 bridgehead atoms. The highest BCUT2D eigenvalue weighted by Crippen LogP contribution is 2.16. The Balaban J connectivity index is 4.13. The van der Waals surface area contributed by atoms with Gasteiger partial charge < -0.3 is 14.2 Å². The molecule has 302 valence electrons. The van der Waals surface area contributed by atoms with Gasteiger partial charge in [0.25, 0.3) is 0 Å². The van der Waals surface area contributed by atoms with Crippen LogP contribution in [0.2, 0.25) is 0 Å². The van der Waals surface area contributed by atoms with E-state index < -0.39 is 6.10 Å². The van der Waals surface area contributed by atoms with Crippen LogP contribution in [0.4, 0.5) is 0 Å². The molecule has 0 fully saturated rings.